The van der Waals surface area contributed by atoms with Crippen LogP contribution in [0.3, 0.4) is 0 Å². The highest BCUT2D eigenvalue weighted by Crippen LogP contribution is 2.33. The second-order valence-corrected chi connectivity index (χ2v) is 7.75. The average Bonchev–Trinajstić information content (AvgIpc) is 3.34. The van der Waals surface area contributed by atoms with Gasteiger partial charge in [0.2, 0.25) is 10.9 Å². The number of rotatable bonds is 6. The standard InChI is InChI=1S/C21H18ClN5O2S/c1-3-18-24-25-21-27(18)26-20(30-21)14-7-10-17(29-2)16(12-14)23-19(28)11-6-13-4-8-15(22)9-5-13/h4-12H,3H2,1-2H3,(H,23,28)/b11-6+. The molecule has 9 heteroatoms. The summed E-state index contributed by atoms with van der Waals surface area (Å²) in [6, 6.07) is 12.8. The van der Waals surface area contributed by atoms with Crippen LogP contribution in [0.25, 0.3) is 21.6 Å². The van der Waals surface area contributed by atoms with E-state index in [4.69, 9.17) is 16.3 Å². The molecule has 0 bridgehead atoms. The Morgan fingerprint density at radius 2 is 2.03 bits per heavy atom. The van der Waals surface area contributed by atoms with Crippen LogP contribution in [0, 0.1) is 0 Å². The quantitative estimate of drug-likeness (QED) is 0.439. The predicted octanol–water partition coefficient (Wildman–Crippen LogP) is 4.73. The van der Waals surface area contributed by atoms with E-state index in [-0.39, 0.29) is 5.91 Å². The van der Waals surface area contributed by atoms with Crippen molar-refractivity contribution in [2.24, 2.45) is 0 Å². The third kappa shape index (κ3) is 4.19. The molecule has 0 fully saturated rings. The zero-order valence-corrected chi connectivity index (χ0v) is 17.9. The van der Waals surface area contributed by atoms with Crippen LogP contribution in [-0.2, 0) is 11.2 Å². The fourth-order valence-electron chi connectivity index (χ4n) is 2.85. The number of aryl methyl sites for hydroxylation is 1. The predicted molar refractivity (Wildman–Crippen MR) is 119 cm³/mol. The van der Waals surface area contributed by atoms with E-state index in [1.807, 2.05) is 31.2 Å². The first-order chi connectivity index (χ1) is 14.6. The fraction of sp³-hybridized carbons (Fsp3) is 0.143. The Kier molecular flexibility index (Phi) is 5.78. The number of hydrogen-bond donors (Lipinski definition) is 1. The average molecular weight is 440 g/mol. The van der Waals surface area contributed by atoms with E-state index in [2.05, 4.69) is 20.6 Å². The molecule has 1 N–H and O–H groups in total. The molecular formula is C21H18ClN5O2S. The molecule has 2 aromatic heterocycles. The molecule has 4 rings (SSSR count). The fourth-order valence-corrected chi connectivity index (χ4v) is 3.83. The Hall–Kier alpha value is -3.23. The SMILES string of the molecule is CCc1nnc2sc(-c3ccc(OC)c(NC(=O)/C=C/c4ccc(Cl)cc4)c3)nn12. The molecule has 0 aliphatic heterocycles. The van der Waals surface area contributed by atoms with Crippen molar-refractivity contribution in [3.63, 3.8) is 0 Å². The largest absolute Gasteiger partial charge is 0.495 e. The number of hydrogen-bond acceptors (Lipinski definition) is 6. The van der Waals surface area contributed by atoms with Crippen LogP contribution in [0.15, 0.2) is 48.5 Å². The summed E-state index contributed by atoms with van der Waals surface area (Å²) < 4.78 is 7.14. The molecule has 2 heterocycles. The van der Waals surface area contributed by atoms with E-state index in [1.54, 1.807) is 35.9 Å². The molecule has 0 aliphatic rings. The van der Waals surface area contributed by atoms with E-state index in [0.29, 0.717) is 16.5 Å². The second kappa shape index (κ2) is 8.64. The monoisotopic (exact) mass is 439 g/mol. The van der Waals surface area contributed by atoms with Gasteiger partial charge in [0.25, 0.3) is 0 Å². The maximum absolute atomic E-state index is 12.4. The summed E-state index contributed by atoms with van der Waals surface area (Å²) in [6.45, 7) is 2.01. The zero-order chi connectivity index (χ0) is 21.1. The molecule has 0 saturated heterocycles. The Labute approximate surface area is 182 Å². The minimum Gasteiger partial charge on any atom is -0.495 e. The number of nitrogens with one attached hydrogen (secondary N) is 1. The number of amides is 1. The van der Waals surface area contributed by atoms with Crippen molar-refractivity contribution >= 4 is 45.6 Å². The van der Waals surface area contributed by atoms with Gasteiger partial charge in [0.1, 0.15) is 10.8 Å². The van der Waals surface area contributed by atoms with Crippen LogP contribution < -0.4 is 10.1 Å². The van der Waals surface area contributed by atoms with E-state index >= 15 is 0 Å². The van der Waals surface area contributed by atoms with Crippen LogP contribution in [0.4, 0.5) is 5.69 Å². The zero-order valence-electron chi connectivity index (χ0n) is 16.3. The number of fused-ring (bicyclic) bond motifs is 1. The van der Waals surface area contributed by atoms with Crippen molar-refractivity contribution in [1.82, 2.24) is 19.8 Å². The number of methoxy groups -OCH3 is 1. The van der Waals surface area contributed by atoms with E-state index in [1.165, 1.54) is 17.4 Å². The number of benzene rings is 2. The van der Waals surface area contributed by atoms with Gasteiger partial charge in [-0.3, -0.25) is 4.79 Å². The van der Waals surface area contributed by atoms with E-state index < -0.39 is 0 Å². The maximum atomic E-state index is 12.4. The van der Waals surface area contributed by atoms with E-state index in [9.17, 15) is 4.79 Å². The smallest absolute Gasteiger partial charge is 0.248 e. The van der Waals surface area contributed by atoms with Crippen LogP contribution in [0.1, 0.15) is 18.3 Å². The van der Waals surface area contributed by atoms with Crippen LogP contribution in [0.5, 0.6) is 5.75 Å². The van der Waals surface area contributed by atoms with Crippen LogP contribution >= 0.6 is 22.9 Å². The lowest BCUT2D eigenvalue weighted by atomic mass is 10.2. The van der Waals surface area contributed by atoms with Gasteiger partial charge in [-0.2, -0.15) is 9.61 Å². The van der Waals surface area contributed by atoms with Gasteiger partial charge in [-0.15, -0.1) is 10.2 Å². The molecular weight excluding hydrogens is 422 g/mol. The van der Waals surface area contributed by atoms with Crippen molar-refractivity contribution in [3.8, 4) is 16.3 Å². The third-order valence-corrected chi connectivity index (χ3v) is 5.57. The van der Waals surface area contributed by atoms with Gasteiger partial charge < -0.3 is 10.1 Å². The number of carbonyl (C=O) groups excluding carboxylic acids is 1. The first kappa shape index (κ1) is 20.1. The number of aromatic nitrogens is 4. The van der Waals surface area contributed by atoms with Gasteiger partial charge in [-0.1, -0.05) is 42.0 Å². The minimum absolute atomic E-state index is 0.271. The van der Waals surface area contributed by atoms with Gasteiger partial charge in [0.15, 0.2) is 5.82 Å². The normalized spacial score (nSPS) is 11.3. The number of nitrogens with zero attached hydrogens (tertiary/aromatic N) is 4. The topological polar surface area (TPSA) is 81.4 Å². The summed E-state index contributed by atoms with van der Waals surface area (Å²) in [5, 5.41) is 17.2. The molecule has 1 amide bonds. The molecule has 152 valence electrons. The summed E-state index contributed by atoms with van der Waals surface area (Å²) in [5.41, 5.74) is 2.29. The summed E-state index contributed by atoms with van der Waals surface area (Å²) in [4.78, 5) is 13.2. The highest BCUT2D eigenvalue weighted by atomic mass is 35.5. The molecule has 0 radical (unpaired) electrons. The number of halogens is 1. The first-order valence-corrected chi connectivity index (χ1v) is 10.4. The van der Waals surface area contributed by atoms with Crippen molar-refractivity contribution in [1.29, 1.82) is 0 Å². The lowest BCUT2D eigenvalue weighted by molar-refractivity contribution is -0.111. The Balaban J connectivity index is 1.58. The molecule has 30 heavy (non-hydrogen) atoms. The lowest BCUT2D eigenvalue weighted by Gasteiger charge is -2.10. The Morgan fingerprint density at radius 1 is 1.23 bits per heavy atom. The molecule has 0 aliphatic carbocycles. The van der Waals surface area contributed by atoms with E-state index in [0.717, 1.165) is 33.3 Å². The molecule has 0 unspecified atom stereocenters. The highest BCUT2D eigenvalue weighted by molar-refractivity contribution is 7.19. The molecule has 4 aromatic rings. The molecule has 0 saturated carbocycles. The van der Waals surface area contributed by atoms with Gasteiger partial charge in [-0.25, -0.2) is 0 Å². The third-order valence-electron chi connectivity index (χ3n) is 4.37. The van der Waals surface area contributed by atoms with Crippen LogP contribution in [-0.4, -0.2) is 32.8 Å². The number of anilines is 1. The minimum atomic E-state index is -0.271. The van der Waals surface area contributed by atoms with Gasteiger partial charge in [0, 0.05) is 23.1 Å². The molecule has 2 aromatic carbocycles. The number of ether oxygens (including phenoxy) is 1. The molecule has 0 spiro atoms. The molecule has 0 atom stereocenters. The van der Waals surface area contributed by atoms with Crippen molar-refractivity contribution < 1.29 is 9.53 Å². The number of carbonyl (C=O) groups is 1. The van der Waals surface area contributed by atoms with Gasteiger partial charge >= 0.3 is 0 Å². The first-order valence-electron chi connectivity index (χ1n) is 9.21. The second-order valence-electron chi connectivity index (χ2n) is 6.36. The summed E-state index contributed by atoms with van der Waals surface area (Å²) in [7, 11) is 1.56. The summed E-state index contributed by atoms with van der Waals surface area (Å²) in [5.74, 6) is 1.10. The Bertz CT molecular complexity index is 1230. The lowest BCUT2D eigenvalue weighted by Crippen LogP contribution is -2.09. The van der Waals surface area contributed by atoms with Crippen LogP contribution in [0.2, 0.25) is 5.02 Å². The maximum Gasteiger partial charge on any atom is 0.248 e. The van der Waals surface area contributed by atoms with Gasteiger partial charge in [-0.05, 0) is 42.0 Å². The Morgan fingerprint density at radius 3 is 2.77 bits per heavy atom. The summed E-state index contributed by atoms with van der Waals surface area (Å²) >= 11 is 7.32. The highest BCUT2D eigenvalue weighted by Gasteiger charge is 2.14. The molecule has 7 nitrogen and oxygen atoms in total. The van der Waals surface area contributed by atoms with Crippen molar-refractivity contribution in [2.75, 3.05) is 12.4 Å². The van der Waals surface area contributed by atoms with Crippen molar-refractivity contribution in [3.05, 3.63) is 65.0 Å². The van der Waals surface area contributed by atoms with Crippen molar-refractivity contribution in [2.45, 2.75) is 13.3 Å². The summed E-state index contributed by atoms with van der Waals surface area (Å²) in [6.07, 6.45) is 3.93. The van der Waals surface area contributed by atoms with Gasteiger partial charge in [0.05, 0.1) is 12.8 Å².